The first-order valence-corrected chi connectivity index (χ1v) is 6.91. The van der Waals surface area contributed by atoms with E-state index in [9.17, 15) is 9.18 Å². The minimum absolute atomic E-state index is 0.312. The molecule has 1 unspecified atom stereocenters. The molecule has 0 aliphatic carbocycles. The van der Waals surface area contributed by atoms with Crippen LogP contribution < -0.4 is 0 Å². The van der Waals surface area contributed by atoms with Gasteiger partial charge in [-0.3, -0.25) is 4.79 Å². The molecule has 5 heteroatoms. The molecule has 0 aliphatic rings. The van der Waals surface area contributed by atoms with E-state index in [0.29, 0.717) is 24.5 Å². The van der Waals surface area contributed by atoms with Crippen LogP contribution in [0.3, 0.4) is 0 Å². The fourth-order valence-electron chi connectivity index (χ4n) is 2.29. The molecule has 0 N–H and O–H groups in total. The summed E-state index contributed by atoms with van der Waals surface area (Å²) in [7, 11) is 0. The number of hydrogen-bond acceptors (Lipinski definition) is 3. The normalized spacial score (nSPS) is 12.6. The highest BCUT2D eigenvalue weighted by Crippen LogP contribution is 2.25. The highest BCUT2D eigenvalue weighted by atomic mass is 19.1. The summed E-state index contributed by atoms with van der Waals surface area (Å²) in [5, 5.41) is 0. The fourth-order valence-corrected chi connectivity index (χ4v) is 2.29. The van der Waals surface area contributed by atoms with Crippen LogP contribution in [0.15, 0.2) is 18.2 Å². The zero-order valence-corrected chi connectivity index (χ0v) is 12.0. The van der Waals surface area contributed by atoms with Gasteiger partial charge in [0.1, 0.15) is 17.3 Å². The van der Waals surface area contributed by atoms with Crippen molar-refractivity contribution < 1.29 is 13.9 Å². The van der Waals surface area contributed by atoms with Gasteiger partial charge in [0.05, 0.1) is 12.1 Å². The molecule has 1 aromatic carbocycles. The summed E-state index contributed by atoms with van der Waals surface area (Å²) in [5.74, 6) is -0.645. The van der Waals surface area contributed by atoms with Crippen molar-refractivity contribution in [3.8, 4) is 0 Å². The zero-order valence-electron chi connectivity index (χ0n) is 12.0. The van der Waals surface area contributed by atoms with Crippen LogP contribution in [0.25, 0.3) is 11.0 Å². The van der Waals surface area contributed by atoms with Crippen molar-refractivity contribution in [1.29, 1.82) is 0 Å². The molecule has 4 nitrogen and oxygen atoms in total. The number of carbonyl (C=O) groups excluding carboxylic acids is 1. The maximum absolute atomic E-state index is 13.8. The smallest absolute Gasteiger partial charge is 0.316 e. The summed E-state index contributed by atoms with van der Waals surface area (Å²) in [6, 6.07) is 4.86. The third-order valence-corrected chi connectivity index (χ3v) is 3.23. The molecule has 0 amide bonds. The van der Waals surface area contributed by atoms with Gasteiger partial charge in [-0.15, -0.1) is 0 Å². The minimum Gasteiger partial charge on any atom is -0.465 e. The van der Waals surface area contributed by atoms with E-state index in [-0.39, 0.29) is 11.8 Å². The fraction of sp³-hybridized carbons (Fsp3) is 0.467. The van der Waals surface area contributed by atoms with E-state index < -0.39 is 5.92 Å². The van der Waals surface area contributed by atoms with Crippen molar-refractivity contribution in [1.82, 2.24) is 9.55 Å². The maximum Gasteiger partial charge on any atom is 0.316 e. The molecule has 0 fully saturated rings. The number of esters is 1. The summed E-state index contributed by atoms with van der Waals surface area (Å²) >= 11 is 0. The third-order valence-electron chi connectivity index (χ3n) is 3.23. The molecule has 0 aliphatic heterocycles. The molecule has 1 heterocycles. The number of nitrogens with zero attached hydrogens (tertiary/aromatic N) is 2. The molecule has 0 saturated heterocycles. The summed E-state index contributed by atoms with van der Waals surface area (Å²) in [4.78, 5) is 16.2. The van der Waals surface area contributed by atoms with Gasteiger partial charge in [-0.2, -0.15) is 0 Å². The second-order valence-electron chi connectivity index (χ2n) is 4.70. The number of rotatable bonds is 5. The van der Waals surface area contributed by atoms with Crippen LogP contribution in [0.4, 0.5) is 4.39 Å². The number of hydrogen-bond donors (Lipinski definition) is 0. The van der Waals surface area contributed by atoms with E-state index >= 15 is 0 Å². The van der Waals surface area contributed by atoms with Gasteiger partial charge in [-0.1, -0.05) is 13.0 Å². The molecule has 2 rings (SSSR count). The second-order valence-corrected chi connectivity index (χ2v) is 4.70. The molecule has 1 aromatic heterocycles. The number of aromatic nitrogens is 2. The van der Waals surface area contributed by atoms with Crippen molar-refractivity contribution in [2.75, 3.05) is 6.61 Å². The van der Waals surface area contributed by atoms with Crippen LogP contribution in [-0.4, -0.2) is 22.1 Å². The monoisotopic (exact) mass is 278 g/mol. The predicted octanol–water partition coefficient (Wildman–Crippen LogP) is 3.25. The molecule has 20 heavy (non-hydrogen) atoms. The number of ether oxygens (including phenoxy) is 1. The van der Waals surface area contributed by atoms with E-state index in [1.54, 1.807) is 19.9 Å². The average molecular weight is 278 g/mol. The Kier molecular flexibility index (Phi) is 4.37. The SMILES string of the molecule is CCCn1c(C(C)C(=O)OCC)nc2c(F)cccc21. The molecule has 0 bridgehead atoms. The summed E-state index contributed by atoms with van der Waals surface area (Å²) < 4.78 is 20.8. The van der Waals surface area contributed by atoms with E-state index in [0.717, 1.165) is 11.9 Å². The Hall–Kier alpha value is -1.91. The number of aryl methyl sites for hydroxylation is 1. The van der Waals surface area contributed by atoms with Gasteiger partial charge in [0.25, 0.3) is 0 Å². The molecular weight excluding hydrogens is 259 g/mol. The highest BCUT2D eigenvalue weighted by Gasteiger charge is 2.24. The average Bonchev–Trinajstić information content (AvgIpc) is 2.79. The maximum atomic E-state index is 13.8. The minimum atomic E-state index is -0.506. The molecule has 1 atom stereocenters. The molecular formula is C15H19FN2O2. The quantitative estimate of drug-likeness (QED) is 0.789. The summed E-state index contributed by atoms with van der Waals surface area (Å²) in [6.07, 6.45) is 0.879. The molecule has 0 radical (unpaired) electrons. The van der Waals surface area contributed by atoms with Gasteiger partial charge in [0, 0.05) is 6.54 Å². The van der Waals surface area contributed by atoms with Crippen molar-refractivity contribution in [3.63, 3.8) is 0 Å². The Morgan fingerprint density at radius 3 is 2.85 bits per heavy atom. The van der Waals surface area contributed by atoms with Crippen molar-refractivity contribution >= 4 is 17.0 Å². The van der Waals surface area contributed by atoms with Gasteiger partial charge in [0.15, 0.2) is 5.82 Å². The van der Waals surface area contributed by atoms with Crippen molar-refractivity contribution in [2.24, 2.45) is 0 Å². The van der Waals surface area contributed by atoms with Crippen LogP contribution in [0.1, 0.15) is 38.9 Å². The number of halogens is 1. The van der Waals surface area contributed by atoms with Crippen LogP contribution >= 0.6 is 0 Å². The number of carbonyl (C=O) groups is 1. The lowest BCUT2D eigenvalue weighted by Gasteiger charge is -2.13. The lowest BCUT2D eigenvalue weighted by atomic mass is 10.1. The molecule has 108 valence electrons. The van der Waals surface area contributed by atoms with Crippen molar-refractivity contribution in [2.45, 2.75) is 39.7 Å². The Morgan fingerprint density at radius 1 is 1.45 bits per heavy atom. The van der Waals surface area contributed by atoms with Gasteiger partial charge in [0.2, 0.25) is 0 Å². The van der Waals surface area contributed by atoms with Crippen LogP contribution in [0.2, 0.25) is 0 Å². The van der Waals surface area contributed by atoms with Gasteiger partial charge >= 0.3 is 5.97 Å². The highest BCUT2D eigenvalue weighted by molar-refractivity contribution is 5.81. The standard InChI is InChI=1S/C15H19FN2O2/c1-4-9-18-12-8-6-7-11(16)13(12)17-14(18)10(3)15(19)20-5-2/h6-8,10H,4-5,9H2,1-3H3. The number of benzene rings is 1. The first-order chi connectivity index (χ1) is 9.60. The second kappa shape index (κ2) is 6.03. The largest absolute Gasteiger partial charge is 0.465 e. The number of para-hydroxylation sites is 1. The lowest BCUT2D eigenvalue weighted by molar-refractivity contribution is -0.144. The van der Waals surface area contributed by atoms with Crippen LogP contribution in [0.5, 0.6) is 0 Å². The van der Waals surface area contributed by atoms with Gasteiger partial charge in [-0.05, 0) is 32.4 Å². The summed E-state index contributed by atoms with van der Waals surface area (Å²) in [5.41, 5.74) is 1.03. The van der Waals surface area contributed by atoms with Crippen LogP contribution in [0, 0.1) is 5.82 Å². The molecule has 2 aromatic rings. The first kappa shape index (κ1) is 14.5. The molecule has 0 saturated carbocycles. The van der Waals surface area contributed by atoms with E-state index in [1.165, 1.54) is 6.07 Å². The van der Waals surface area contributed by atoms with Crippen molar-refractivity contribution in [3.05, 3.63) is 29.8 Å². The first-order valence-electron chi connectivity index (χ1n) is 6.91. The Bertz CT molecular complexity index is 622. The Morgan fingerprint density at radius 2 is 2.20 bits per heavy atom. The summed E-state index contributed by atoms with van der Waals surface area (Å²) in [6.45, 7) is 6.55. The zero-order chi connectivity index (χ0) is 14.7. The molecule has 0 spiro atoms. The topological polar surface area (TPSA) is 44.1 Å². The Balaban J connectivity index is 2.54. The van der Waals surface area contributed by atoms with E-state index in [2.05, 4.69) is 4.98 Å². The number of imidazole rings is 1. The predicted molar refractivity (Wildman–Crippen MR) is 75.0 cm³/mol. The van der Waals surface area contributed by atoms with Crippen LogP contribution in [-0.2, 0) is 16.1 Å². The van der Waals surface area contributed by atoms with Gasteiger partial charge in [-0.25, -0.2) is 9.37 Å². The van der Waals surface area contributed by atoms with E-state index in [1.807, 2.05) is 17.6 Å². The third kappa shape index (κ3) is 2.53. The lowest BCUT2D eigenvalue weighted by Crippen LogP contribution is -2.17. The Labute approximate surface area is 117 Å². The van der Waals surface area contributed by atoms with Gasteiger partial charge < -0.3 is 9.30 Å². The van der Waals surface area contributed by atoms with E-state index in [4.69, 9.17) is 4.74 Å². The number of fused-ring (bicyclic) bond motifs is 1.